The largest absolute Gasteiger partial charge is 0.453 e. The van der Waals surface area contributed by atoms with Crippen LogP contribution in [0, 0.1) is 18.6 Å². The summed E-state index contributed by atoms with van der Waals surface area (Å²) in [6, 6.07) is 15.7. The highest BCUT2D eigenvalue weighted by atomic mass is 19.1. The number of hydrogen-bond acceptors (Lipinski definition) is 6. The normalized spacial score (nSPS) is 13.6. The molecule has 44 heavy (non-hydrogen) atoms. The van der Waals surface area contributed by atoms with Gasteiger partial charge in [0.2, 0.25) is 0 Å². The van der Waals surface area contributed by atoms with Crippen LogP contribution in [0.5, 0.6) is 11.5 Å². The van der Waals surface area contributed by atoms with Crippen molar-refractivity contribution in [3.05, 3.63) is 117 Å². The molecule has 0 radical (unpaired) electrons. The van der Waals surface area contributed by atoms with E-state index in [1.165, 1.54) is 47.0 Å². The zero-order valence-electron chi connectivity index (χ0n) is 23.7. The van der Waals surface area contributed by atoms with E-state index < -0.39 is 23.0 Å². The number of pyridine rings is 1. The first-order chi connectivity index (χ1) is 21.3. The van der Waals surface area contributed by atoms with Crippen molar-refractivity contribution in [2.75, 3.05) is 13.2 Å². The molecule has 2 N–H and O–H groups in total. The van der Waals surface area contributed by atoms with Gasteiger partial charge in [-0.2, -0.15) is 5.10 Å². The van der Waals surface area contributed by atoms with Gasteiger partial charge in [-0.05, 0) is 86.0 Å². The molecule has 1 amide bonds. The van der Waals surface area contributed by atoms with E-state index in [1.807, 2.05) is 0 Å². The summed E-state index contributed by atoms with van der Waals surface area (Å²) in [7, 11) is 0. The predicted octanol–water partition coefficient (Wildman–Crippen LogP) is 5.43. The second kappa shape index (κ2) is 12.2. The van der Waals surface area contributed by atoms with Gasteiger partial charge in [0.1, 0.15) is 11.6 Å². The Kier molecular flexibility index (Phi) is 8.03. The van der Waals surface area contributed by atoms with Gasteiger partial charge in [-0.1, -0.05) is 6.07 Å². The average Bonchev–Trinajstić information content (AvgIpc) is 3.47. The van der Waals surface area contributed by atoms with Gasteiger partial charge in [0.05, 0.1) is 22.8 Å². The standard InChI is InChI=1S/C33H28F2N4O5/c1-19-2-8-25(33(42)39(19)24-6-4-22(34)5-7-24)29(40)15-20-3-9-30(27(35)14-20)44-31-16-21-18-36-38-28(21)17-26(31)32(41)37-23-10-12-43-13-11-23/h2-9,14,16-18,23H,10-13,15H2,1H3,(H,36,38)(H,37,41). The molecule has 1 aliphatic heterocycles. The molecule has 1 fully saturated rings. The number of aromatic amines is 1. The zero-order chi connectivity index (χ0) is 30.8. The van der Waals surface area contributed by atoms with Crippen LogP contribution in [0.15, 0.2) is 77.7 Å². The maximum absolute atomic E-state index is 15.3. The first-order valence-electron chi connectivity index (χ1n) is 14.1. The molecule has 3 heterocycles. The fourth-order valence-corrected chi connectivity index (χ4v) is 5.23. The second-order valence-electron chi connectivity index (χ2n) is 10.6. The molecule has 9 nitrogen and oxygen atoms in total. The second-order valence-corrected chi connectivity index (χ2v) is 10.6. The van der Waals surface area contributed by atoms with E-state index in [4.69, 9.17) is 9.47 Å². The summed E-state index contributed by atoms with van der Waals surface area (Å²) in [5.74, 6) is -2.05. The molecule has 1 aliphatic rings. The lowest BCUT2D eigenvalue weighted by Gasteiger charge is -2.23. The van der Waals surface area contributed by atoms with E-state index in [0.717, 1.165) is 6.07 Å². The van der Waals surface area contributed by atoms with E-state index >= 15 is 4.39 Å². The number of rotatable bonds is 8. The molecule has 0 saturated carbocycles. The summed E-state index contributed by atoms with van der Waals surface area (Å²) in [6.45, 7) is 2.82. The number of ether oxygens (including phenoxy) is 2. The fourth-order valence-electron chi connectivity index (χ4n) is 5.23. The lowest BCUT2D eigenvalue weighted by Crippen LogP contribution is -2.39. The molecular weight excluding hydrogens is 570 g/mol. The Morgan fingerprint density at radius 3 is 2.52 bits per heavy atom. The summed E-state index contributed by atoms with van der Waals surface area (Å²) in [5.41, 5.74) is 1.53. The highest BCUT2D eigenvalue weighted by molar-refractivity contribution is 6.01. The van der Waals surface area contributed by atoms with Crippen LogP contribution in [0.1, 0.15) is 44.8 Å². The molecule has 0 atom stereocenters. The van der Waals surface area contributed by atoms with Crippen LogP contribution in [-0.2, 0) is 11.2 Å². The quantitative estimate of drug-likeness (QED) is 0.230. The molecule has 0 bridgehead atoms. The Morgan fingerprint density at radius 2 is 1.77 bits per heavy atom. The molecule has 1 saturated heterocycles. The summed E-state index contributed by atoms with van der Waals surface area (Å²) in [5, 5.41) is 10.5. The number of carbonyl (C=O) groups is 2. The number of nitrogens with one attached hydrogen (secondary N) is 2. The highest BCUT2D eigenvalue weighted by Gasteiger charge is 2.22. The lowest BCUT2D eigenvalue weighted by molar-refractivity contribution is 0.0695. The number of halogens is 2. The molecule has 224 valence electrons. The molecule has 5 aromatic rings. The van der Waals surface area contributed by atoms with Gasteiger partial charge < -0.3 is 14.8 Å². The van der Waals surface area contributed by atoms with Crippen LogP contribution in [0.25, 0.3) is 16.6 Å². The van der Waals surface area contributed by atoms with Gasteiger partial charge in [-0.15, -0.1) is 0 Å². The number of Topliss-reactive ketones (excluding diaryl/α,β-unsaturated/α-hetero) is 1. The number of fused-ring (bicyclic) bond motifs is 1. The minimum absolute atomic E-state index is 0.0524. The van der Waals surface area contributed by atoms with Gasteiger partial charge in [0.15, 0.2) is 17.3 Å². The highest BCUT2D eigenvalue weighted by Crippen LogP contribution is 2.32. The van der Waals surface area contributed by atoms with E-state index in [2.05, 4.69) is 15.5 Å². The fraction of sp³-hybridized carbons (Fsp3) is 0.212. The van der Waals surface area contributed by atoms with Crippen molar-refractivity contribution < 1.29 is 27.8 Å². The van der Waals surface area contributed by atoms with Gasteiger partial charge in [-0.3, -0.25) is 24.0 Å². The first-order valence-corrected chi connectivity index (χ1v) is 14.1. The number of benzene rings is 3. The van der Waals surface area contributed by atoms with Crippen molar-refractivity contribution in [1.82, 2.24) is 20.1 Å². The maximum Gasteiger partial charge on any atom is 0.266 e. The maximum atomic E-state index is 15.3. The van der Waals surface area contributed by atoms with Gasteiger partial charge >= 0.3 is 0 Å². The molecular formula is C33H28F2N4O5. The van der Waals surface area contributed by atoms with Crippen molar-refractivity contribution in [3.63, 3.8) is 0 Å². The summed E-state index contributed by atoms with van der Waals surface area (Å²) in [6.07, 6.45) is 2.71. The Bertz CT molecular complexity index is 1930. The minimum atomic E-state index is -0.744. The third-order valence-electron chi connectivity index (χ3n) is 7.59. The van der Waals surface area contributed by atoms with E-state index in [0.29, 0.717) is 53.9 Å². The summed E-state index contributed by atoms with van der Waals surface area (Å²) < 4.78 is 41.4. The van der Waals surface area contributed by atoms with Crippen molar-refractivity contribution >= 4 is 22.6 Å². The minimum Gasteiger partial charge on any atom is -0.453 e. The number of aryl methyl sites for hydroxylation is 1. The molecule has 0 unspecified atom stereocenters. The molecule has 0 spiro atoms. The third kappa shape index (κ3) is 6.00. The van der Waals surface area contributed by atoms with Gasteiger partial charge in [-0.25, -0.2) is 8.78 Å². The van der Waals surface area contributed by atoms with Crippen LogP contribution in [-0.4, -0.2) is 45.7 Å². The molecule has 2 aromatic heterocycles. The number of ketones is 1. The summed E-state index contributed by atoms with van der Waals surface area (Å²) in [4.78, 5) is 39.6. The first kappa shape index (κ1) is 28.9. The number of aromatic nitrogens is 3. The number of nitrogens with zero attached hydrogens (tertiary/aromatic N) is 2. The van der Waals surface area contributed by atoms with E-state index in [1.54, 1.807) is 31.3 Å². The lowest BCUT2D eigenvalue weighted by atomic mass is 10.0. The van der Waals surface area contributed by atoms with Crippen molar-refractivity contribution in [3.8, 4) is 17.2 Å². The Morgan fingerprint density at radius 1 is 1.00 bits per heavy atom. The van der Waals surface area contributed by atoms with Crippen LogP contribution in [0.4, 0.5) is 8.78 Å². The van der Waals surface area contributed by atoms with Crippen LogP contribution >= 0.6 is 0 Å². The van der Waals surface area contributed by atoms with Crippen molar-refractivity contribution in [2.24, 2.45) is 0 Å². The predicted molar refractivity (Wildman–Crippen MR) is 159 cm³/mol. The smallest absolute Gasteiger partial charge is 0.266 e. The molecule has 6 rings (SSSR count). The molecule has 3 aromatic carbocycles. The summed E-state index contributed by atoms with van der Waals surface area (Å²) >= 11 is 0. The van der Waals surface area contributed by atoms with E-state index in [-0.39, 0.29) is 41.0 Å². The van der Waals surface area contributed by atoms with Crippen molar-refractivity contribution in [1.29, 1.82) is 0 Å². The van der Waals surface area contributed by atoms with E-state index in [9.17, 15) is 18.8 Å². The van der Waals surface area contributed by atoms with Crippen LogP contribution in [0.3, 0.4) is 0 Å². The van der Waals surface area contributed by atoms with Gasteiger partial charge in [0, 0.05) is 42.4 Å². The van der Waals surface area contributed by atoms with Crippen LogP contribution < -0.4 is 15.6 Å². The Labute approximate surface area is 250 Å². The Balaban J connectivity index is 1.23. The van der Waals surface area contributed by atoms with Gasteiger partial charge in [0.25, 0.3) is 11.5 Å². The molecule has 0 aliphatic carbocycles. The Hall–Kier alpha value is -5.16. The number of carbonyl (C=O) groups excluding carboxylic acids is 2. The third-order valence-corrected chi connectivity index (χ3v) is 7.59. The van der Waals surface area contributed by atoms with Crippen molar-refractivity contribution in [2.45, 2.75) is 32.2 Å². The topological polar surface area (TPSA) is 115 Å². The number of H-pyrrole nitrogens is 1. The monoisotopic (exact) mass is 598 g/mol. The molecule has 11 heteroatoms. The zero-order valence-corrected chi connectivity index (χ0v) is 23.7. The average molecular weight is 599 g/mol. The van der Waals surface area contributed by atoms with Crippen LogP contribution in [0.2, 0.25) is 0 Å². The number of hydrogen-bond donors (Lipinski definition) is 2. The SMILES string of the molecule is Cc1ccc(C(=O)Cc2ccc(Oc3cc4cn[nH]c4cc3C(=O)NC3CCOCC3)c(F)c2)c(=O)n1-c1ccc(F)cc1. The number of amides is 1.